The number of rotatable bonds is 4. The average Bonchev–Trinajstić information content (AvgIpc) is 1.84. The summed E-state index contributed by atoms with van der Waals surface area (Å²) in [5.41, 5.74) is 4.95. The molecular formula is C3H9NO4P-. The highest BCUT2D eigenvalue weighted by Gasteiger charge is 2.03. The lowest BCUT2D eigenvalue weighted by Crippen LogP contribution is -2.12. The average molecular weight is 154 g/mol. The summed E-state index contributed by atoms with van der Waals surface area (Å²) in [5.74, 6) is 0. The molecular weight excluding hydrogens is 145 g/mol. The summed E-state index contributed by atoms with van der Waals surface area (Å²) in [5, 5.41) is 0. The van der Waals surface area contributed by atoms with E-state index in [0.29, 0.717) is 0 Å². The normalized spacial score (nSPS) is 17.2. The zero-order valence-electron chi connectivity index (χ0n) is 5.07. The minimum atomic E-state index is -4.02. The highest BCUT2D eigenvalue weighted by molar-refractivity contribution is 7.45. The first-order valence-electron chi connectivity index (χ1n) is 2.34. The molecule has 5 nitrogen and oxygen atoms in total. The van der Waals surface area contributed by atoms with E-state index in [9.17, 15) is 9.46 Å². The van der Waals surface area contributed by atoms with E-state index in [2.05, 4.69) is 9.05 Å². The van der Waals surface area contributed by atoms with Gasteiger partial charge in [-0.25, -0.2) is 0 Å². The Morgan fingerprint density at radius 2 is 2.33 bits per heavy atom. The Kier molecular flexibility index (Phi) is 4.01. The molecule has 0 aliphatic heterocycles. The molecule has 0 bridgehead atoms. The summed E-state index contributed by atoms with van der Waals surface area (Å²) in [6.07, 6.45) is 0. The maximum absolute atomic E-state index is 10.3. The molecule has 0 fully saturated rings. The zero-order valence-corrected chi connectivity index (χ0v) is 5.97. The smallest absolute Gasteiger partial charge is 0.267 e. The minimum Gasteiger partial charge on any atom is -0.756 e. The van der Waals surface area contributed by atoms with Gasteiger partial charge < -0.3 is 19.7 Å². The molecule has 0 heterocycles. The van der Waals surface area contributed by atoms with Crippen molar-refractivity contribution >= 4 is 7.82 Å². The number of hydrogen-bond acceptors (Lipinski definition) is 5. The molecule has 0 radical (unpaired) electrons. The van der Waals surface area contributed by atoms with E-state index in [1.54, 1.807) is 0 Å². The van der Waals surface area contributed by atoms with E-state index in [4.69, 9.17) is 5.73 Å². The summed E-state index contributed by atoms with van der Waals surface area (Å²) < 4.78 is 18.4. The van der Waals surface area contributed by atoms with Gasteiger partial charge in [0, 0.05) is 13.7 Å². The van der Waals surface area contributed by atoms with E-state index in [0.717, 1.165) is 7.11 Å². The molecule has 0 aromatic heterocycles. The van der Waals surface area contributed by atoms with Crippen LogP contribution in [0.2, 0.25) is 0 Å². The lowest BCUT2D eigenvalue weighted by Gasteiger charge is -2.19. The van der Waals surface area contributed by atoms with E-state index in [-0.39, 0.29) is 13.2 Å². The van der Waals surface area contributed by atoms with Crippen molar-refractivity contribution in [2.45, 2.75) is 0 Å². The van der Waals surface area contributed by atoms with Crippen LogP contribution in [0.25, 0.3) is 0 Å². The Labute approximate surface area is 53.4 Å². The van der Waals surface area contributed by atoms with Gasteiger partial charge in [0.1, 0.15) is 0 Å². The molecule has 1 atom stereocenters. The molecule has 0 aliphatic carbocycles. The van der Waals surface area contributed by atoms with Crippen molar-refractivity contribution in [1.29, 1.82) is 0 Å². The van der Waals surface area contributed by atoms with Crippen LogP contribution in [0, 0.1) is 0 Å². The van der Waals surface area contributed by atoms with Crippen molar-refractivity contribution in [3.63, 3.8) is 0 Å². The van der Waals surface area contributed by atoms with Gasteiger partial charge in [-0.2, -0.15) is 0 Å². The maximum Gasteiger partial charge on any atom is 0.267 e. The van der Waals surface area contributed by atoms with Crippen LogP contribution < -0.4 is 10.6 Å². The molecule has 1 unspecified atom stereocenters. The van der Waals surface area contributed by atoms with E-state index in [1.807, 2.05) is 0 Å². The van der Waals surface area contributed by atoms with Crippen LogP contribution in [-0.4, -0.2) is 20.3 Å². The quantitative estimate of drug-likeness (QED) is 0.529. The Balaban J connectivity index is 3.46. The Bertz CT molecular complexity index is 116. The van der Waals surface area contributed by atoms with Crippen molar-refractivity contribution in [3.05, 3.63) is 0 Å². The van der Waals surface area contributed by atoms with Gasteiger partial charge in [-0.1, -0.05) is 0 Å². The number of phosphoric acid groups is 1. The zero-order chi connectivity index (χ0) is 7.33. The van der Waals surface area contributed by atoms with Crippen LogP contribution in [-0.2, 0) is 13.6 Å². The maximum atomic E-state index is 10.3. The van der Waals surface area contributed by atoms with E-state index < -0.39 is 7.82 Å². The van der Waals surface area contributed by atoms with Gasteiger partial charge in [0.25, 0.3) is 7.82 Å². The molecule has 2 N–H and O–H groups in total. The molecule has 0 saturated heterocycles. The van der Waals surface area contributed by atoms with Crippen LogP contribution in [0.15, 0.2) is 0 Å². The van der Waals surface area contributed by atoms with Gasteiger partial charge in [-0.15, -0.1) is 0 Å². The van der Waals surface area contributed by atoms with Gasteiger partial charge in [-0.05, 0) is 0 Å². The monoisotopic (exact) mass is 154 g/mol. The SMILES string of the molecule is COP(=O)([O-])OCCN. The molecule has 0 aromatic rings. The lowest BCUT2D eigenvalue weighted by atomic mass is 10.8. The lowest BCUT2D eigenvalue weighted by molar-refractivity contribution is -0.222. The third-order valence-electron chi connectivity index (χ3n) is 0.591. The summed E-state index contributed by atoms with van der Waals surface area (Å²) >= 11 is 0. The predicted octanol–water partition coefficient (Wildman–Crippen LogP) is -0.924. The first-order valence-corrected chi connectivity index (χ1v) is 3.80. The molecule has 0 aromatic carbocycles. The number of phosphoric ester groups is 1. The molecule has 0 saturated carbocycles. The van der Waals surface area contributed by atoms with Crippen LogP contribution in [0.3, 0.4) is 0 Å². The topological polar surface area (TPSA) is 84.6 Å². The van der Waals surface area contributed by atoms with Gasteiger partial charge >= 0.3 is 0 Å². The molecule has 0 aliphatic rings. The Morgan fingerprint density at radius 3 is 2.67 bits per heavy atom. The van der Waals surface area contributed by atoms with Crippen LogP contribution in [0.1, 0.15) is 0 Å². The van der Waals surface area contributed by atoms with Crippen LogP contribution >= 0.6 is 7.82 Å². The molecule has 0 spiro atoms. The van der Waals surface area contributed by atoms with Gasteiger partial charge in [-0.3, -0.25) is 4.57 Å². The van der Waals surface area contributed by atoms with Crippen molar-refractivity contribution in [3.8, 4) is 0 Å². The van der Waals surface area contributed by atoms with Gasteiger partial charge in [0.15, 0.2) is 0 Å². The largest absolute Gasteiger partial charge is 0.756 e. The highest BCUT2D eigenvalue weighted by atomic mass is 31.2. The molecule has 6 heteroatoms. The fourth-order valence-corrected chi connectivity index (χ4v) is 0.652. The predicted molar refractivity (Wildman–Crippen MR) is 29.6 cm³/mol. The molecule has 0 rings (SSSR count). The third-order valence-corrected chi connectivity index (χ3v) is 1.54. The summed E-state index contributed by atoms with van der Waals surface area (Å²) in [4.78, 5) is 10.3. The van der Waals surface area contributed by atoms with Crippen LogP contribution in [0.4, 0.5) is 0 Å². The van der Waals surface area contributed by atoms with Gasteiger partial charge in [0.05, 0.1) is 6.61 Å². The Morgan fingerprint density at radius 1 is 1.78 bits per heavy atom. The first-order chi connectivity index (χ1) is 4.12. The van der Waals surface area contributed by atoms with Crippen molar-refractivity contribution in [1.82, 2.24) is 0 Å². The fraction of sp³-hybridized carbons (Fsp3) is 1.00. The highest BCUT2D eigenvalue weighted by Crippen LogP contribution is 2.35. The van der Waals surface area contributed by atoms with Gasteiger partial charge in [0.2, 0.25) is 0 Å². The molecule has 9 heavy (non-hydrogen) atoms. The summed E-state index contributed by atoms with van der Waals surface area (Å²) in [7, 11) is -2.99. The summed E-state index contributed by atoms with van der Waals surface area (Å²) in [6, 6.07) is 0. The van der Waals surface area contributed by atoms with Crippen molar-refractivity contribution in [2.75, 3.05) is 20.3 Å². The summed E-state index contributed by atoms with van der Waals surface area (Å²) in [6.45, 7) is 0.129. The second kappa shape index (κ2) is 3.98. The minimum absolute atomic E-state index is 0.0331. The standard InChI is InChI=1S/C3H10NO4P/c1-7-9(5,6)8-3-2-4/h2-4H2,1H3,(H,5,6)/p-1. The van der Waals surface area contributed by atoms with Crippen molar-refractivity contribution < 1.29 is 18.5 Å². The second-order valence-corrected chi connectivity index (χ2v) is 2.77. The molecule has 0 amide bonds. The second-order valence-electron chi connectivity index (χ2n) is 1.25. The van der Waals surface area contributed by atoms with E-state index in [1.165, 1.54) is 0 Å². The number of nitrogens with two attached hydrogens (primary N) is 1. The van der Waals surface area contributed by atoms with E-state index >= 15 is 0 Å². The molecule has 56 valence electrons. The van der Waals surface area contributed by atoms with Crippen molar-refractivity contribution in [2.24, 2.45) is 5.73 Å². The first kappa shape index (κ1) is 9.07. The number of hydrogen-bond donors (Lipinski definition) is 1. The van der Waals surface area contributed by atoms with Crippen LogP contribution in [0.5, 0.6) is 0 Å². The Hall–Kier alpha value is 0.0700. The fourth-order valence-electron chi connectivity index (χ4n) is 0.217. The third kappa shape index (κ3) is 4.57.